The number of carbonyl (C=O) groups excluding carboxylic acids is 1. The van der Waals surface area contributed by atoms with Crippen molar-refractivity contribution >= 4 is 16.8 Å². The van der Waals surface area contributed by atoms with Crippen LogP contribution in [0.5, 0.6) is 5.75 Å². The van der Waals surface area contributed by atoms with Gasteiger partial charge in [-0.15, -0.1) is 0 Å². The molecule has 0 bridgehead atoms. The van der Waals surface area contributed by atoms with Crippen LogP contribution in [0.15, 0.2) is 50.4 Å². The van der Waals surface area contributed by atoms with E-state index >= 15 is 0 Å². The monoisotopic (exact) mass is 353 g/mol. The van der Waals surface area contributed by atoms with Crippen LogP contribution < -0.4 is 11.2 Å². The number of rotatable bonds is 2. The number of hydrogen-bond acceptors (Lipinski definition) is 5. The van der Waals surface area contributed by atoms with Gasteiger partial charge in [-0.05, 0) is 19.1 Å². The number of pyridine rings is 1. The SMILES string of the molecule is CC(=O)c1c(O)c2c(=O)n(-c3ccccc3)c(C(C)(C)C)cc2oc1=O. The summed E-state index contributed by atoms with van der Waals surface area (Å²) < 4.78 is 6.66. The second-order valence-corrected chi connectivity index (χ2v) is 7.16. The van der Waals surface area contributed by atoms with Crippen LogP contribution in [-0.2, 0) is 5.41 Å². The van der Waals surface area contributed by atoms with Crippen LogP contribution in [-0.4, -0.2) is 15.5 Å². The Morgan fingerprint density at radius 1 is 1.12 bits per heavy atom. The lowest BCUT2D eigenvalue weighted by Gasteiger charge is -2.24. The molecular formula is C20H19NO5. The molecule has 0 aliphatic rings. The highest BCUT2D eigenvalue weighted by Crippen LogP contribution is 2.30. The molecule has 0 spiro atoms. The lowest BCUT2D eigenvalue weighted by Crippen LogP contribution is -2.29. The Hall–Kier alpha value is -3.15. The van der Waals surface area contributed by atoms with Gasteiger partial charge in [-0.3, -0.25) is 14.2 Å². The lowest BCUT2D eigenvalue weighted by atomic mass is 9.90. The van der Waals surface area contributed by atoms with Crippen LogP contribution in [0, 0.1) is 0 Å². The van der Waals surface area contributed by atoms with E-state index in [1.807, 2.05) is 26.8 Å². The molecule has 0 fully saturated rings. The van der Waals surface area contributed by atoms with Gasteiger partial charge in [0.1, 0.15) is 22.3 Å². The van der Waals surface area contributed by atoms with Gasteiger partial charge in [0.25, 0.3) is 5.56 Å². The molecule has 1 aromatic carbocycles. The number of para-hydroxylation sites is 1. The Morgan fingerprint density at radius 3 is 2.27 bits per heavy atom. The fourth-order valence-electron chi connectivity index (χ4n) is 2.95. The van der Waals surface area contributed by atoms with E-state index in [2.05, 4.69) is 0 Å². The number of benzene rings is 1. The number of aromatic hydroxyl groups is 1. The number of fused-ring (bicyclic) bond motifs is 1. The van der Waals surface area contributed by atoms with E-state index in [1.165, 1.54) is 4.57 Å². The van der Waals surface area contributed by atoms with Crippen molar-refractivity contribution in [3.63, 3.8) is 0 Å². The molecule has 0 radical (unpaired) electrons. The third kappa shape index (κ3) is 2.73. The molecule has 0 unspecified atom stereocenters. The maximum Gasteiger partial charge on any atom is 0.351 e. The molecule has 0 saturated heterocycles. The summed E-state index contributed by atoms with van der Waals surface area (Å²) in [4.78, 5) is 37.0. The van der Waals surface area contributed by atoms with Crippen LogP contribution in [0.4, 0.5) is 0 Å². The molecule has 26 heavy (non-hydrogen) atoms. The molecule has 6 nitrogen and oxygen atoms in total. The molecule has 0 aliphatic heterocycles. The topological polar surface area (TPSA) is 89.5 Å². The Kier molecular flexibility index (Phi) is 4.06. The predicted molar refractivity (Wildman–Crippen MR) is 98.5 cm³/mol. The van der Waals surface area contributed by atoms with Crippen LogP contribution in [0.3, 0.4) is 0 Å². The zero-order valence-electron chi connectivity index (χ0n) is 15.0. The van der Waals surface area contributed by atoms with Crippen LogP contribution in [0.25, 0.3) is 16.7 Å². The van der Waals surface area contributed by atoms with Gasteiger partial charge in [-0.2, -0.15) is 0 Å². The quantitative estimate of drug-likeness (QED) is 0.715. The van der Waals surface area contributed by atoms with Gasteiger partial charge < -0.3 is 9.52 Å². The smallest absolute Gasteiger partial charge is 0.351 e. The van der Waals surface area contributed by atoms with Gasteiger partial charge in [-0.25, -0.2) is 4.79 Å². The molecule has 134 valence electrons. The summed E-state index contributed by atoms with van der Waals surface area (Å²) in [6.45, 7) is 6.91. The second-order valence-electron chi connectivity index (χ2n) is 7.16. The molecule has 2 heterocycles. The Labute approximate surface area is 149 Å². The van der Waals surface area contributed by atoms with Crippen molar-refractivity contribution in [2.45, 2.75) is 33.1 Å². The molecule has 1 N–H and O–H groups in total. The predicted octanol–water partition coefficient (Wildman–Crippen LogP) is 3.15. The minimum absolute atomic E-state index is 0.0420. The third-order valence-electron chi connectivity index (χ3n) is 4.19. The number of aromatic nitrogens is 1. The first-order valence-corrected chi connectivity index (χ1v) is 8.15. The van der Waals surface area contributed by atoms with Gasteiger partial charge >= 0.3 is 5.63 Å². The zero-order chi connectivity index (χ0) is 19.2. The van der Waals surface area contributed by atoms with E-state index in [0.29, 0.717) is 11.4 Å². The van der Waals surface area contributed by atoms with E-state index < -0.39 is 33.7 Å². The number of ketones is 1. The standard InChI is InChI=1S/C20H19NO5/c1-11(22)15-17(23)16-13(26-19(15)25)10-14(20(2,3)4)21(18(16)24)12-8-6-5-7-9-12/h5-10,23H,1-4H3. The second kappa shape index (κ2) is 5.98. The number of Topliss-reactive ketones (excluding diaryl/α,β-unsaturated/α-hetero) is 1. The number of carbonyl (C=O) groups is 1. The summed E-state index contributed by atoms with van der Waals surface area (Å²) in [5.74, 6) is -1.30. The normalized spacial score (nSPS) is 11.7. The van der Waals surface area contributed by atoms with Crippen molar-refractivity contribution in [3.8, 4) is 11.4 Å². The van der Waals surface area contributed by atoms with Crippen LogP contribution >= 0.6 is 0 Å². The van der Waals surface area contributed by atoms with Crippen molar-refractivity contribution in [3.05, 3.63) is 68.4 Å². The maximum atomic E-state index is 13.2. The van der Waals surface area contributed by atoms with Crippen molar-refractivity contribution in [1.29, 1.82) is 0 Å². The third-order valence-corrected chi connectivity index (χ3v) is 4.19. The Morgan fingerprint density at radius 2 is 1.73 bits per heavy atom. The van der Waals surface area contributed by atoms with E-state index in [9.17, 15) is 19.5 Å². The van der Waals surface area contributed by atoms with E-state index in [-0.39, 0.29) is 11.0 Å². The summed E-state index contributed by atoms with van der Waals surface area (Å²) in [7, 11) is 0. The van der Waals surface area contributed by atoms with Crippen LogP contribution in [0.2, 0.25) is 0 Å². The van der Waals surface area contributed by atoms with Gasteiger partial charge in [0.2, 0.25) is 0 Å². The molecular weight excluding hydrogens is 334 g/mol. The molecule has 3 aromatic rings. The zero-order valence-corrected chi connectivity index (χ0v) is 15.0. The Bertz CT molecular complexity index is 1130. The molecule has 3 rings (SSSR count). The van der Waals surface area contributed by atoms with Crippen molar-refractivity contribution < 1.29 is 14.3 Å². The first-order chi connectivity index (χ1) is 12.1. The van der Waals surface area contributed by atoms with Gasteiger partial charge in [-0.1, -0.05) is 39.0 Å². The largest absolute Gasteiger partial charge is 0.506 e. The van der Waals surface area contributed by atoms with Gasteiger partial charge in [0.15, 0.2) is 5.78 Å². The van der Waals surface area contributed by atoms with E-state index in [1.54, 1.807) is 30.3 Å². The van der Waals surface area contributed by atoms with Crippen molar-refractivity contribution in [1.82, 2.24) is 4.57 Å². The highest BCUT2D eigenvalue weighted by atomic mass is 16.4. The Balaban J connectivity index is 2.57. The van der Waals surface area contributed by atoms with Crippen molar-refractivity contribution in [2.24, 2.45) is 0 Å². The molecule has 6 heteroatoms. The lowest BCUT2D eigenvalue weighted by molar-refractivity contribution is 0.101. The highest BCUT2D eigenvalue weighted by molar-refractivity contribution is 6.01. The van der Waals surface area contributed by atoms with E-state index in [4.69, 9.17) is 4.42 Å². The maximum absolute atomic E-state index is 13.2. The summed E-state index contributed by atoms with van der Waals surface area (Å²) in [6.07, 6.45) is 0. The minimum Gasteiger partial charge on any atom is -0.506 e. The molecule has 0 saturated carbocycles. The number of nitrogens with zero attached hydrogens (tertiary/aromatic N) is 1. The average molecular weight is 353 g/mol. The summed E-state index contributed by atoms with van der Waals surface area (Å²) >= 11 is 0. The fraction of sp³-hybridized carbons (Fsp3) is 0.250. The minimum atomic E-state index is -0.959. The average Bonchev–Trinajstić information content (AvgIpc) is 2.53. The van der Waals surface area contributed by atoms with Gasteiger partial charge in [0, 0.05) is 22.9 Å². The molecule has 0 aliphatic carbocycles. The first kappa shape index (κ1) is 17.7. The van der Waals surface area contributed by atoms with Gasteiger partial charge in [0.05, 0.1) is 0 Å². The summed E-state index contributed by atoms with van der Waals surface area (Å²) in [5.41, 5.74) is -1.30. The van der Waals surface area contributed by atoms with Crippen LogP contribution in [0.1, 0.15) is 43.7 Å². The first-order valence-electron chi connectivity index (χ1n) is 8.15. The number of hydrogen-bond donors (Lipinski definition) is 1. The summed E-state index contributed by atoms with van der Waals surface area (Å²) in [6, 6.07) is 10.5. The van der Waals surface area contributed by atoms with Crippen molar-refractivity contribution in [2.75, 3.05) is 0 Å². The molecule has 0 amide bonds. The molecule has 0 atom stereocenters. The fourth-order valence-corrected chi connectivity index (χ4v) is 2.95. The highest BCUT2D eigenvalue weighted by Gasteiger charge is 2.26. The summed E-state index contributed by atoms with van der Waals surface area (Å²) in [5, 5.41) is 10.3. The van der Waals surface area contributed by atoms with E-state index in [0.717, 1.165) is 6.92 Å². The molecule has 2 aromatic heterocycles.